The first kappa shape index (κ1) is 36.7. The average Bonchev–Trinajstić information content (AvgIpc) is 1.41. The minimum absolute atomic E-state index is 0. The van der Waals surface area contributed by atoms with Gasteiger partial charge in [-0.15, -0.1) is 30.7 Å². The normalized spacial score (nSPS) is 10.0. The van der Waals surface area contributed by atoms with Gasteiger partial charge in [-0.2, -0.15) is 0 Å². The van der Waals surface area contributed by atoms with Gasteiger partial charge in [-0.1, -0.05) is 0 Å². The van der Waals surface area contributed by atoms with Crippen molar-refractivity contribution in [3.05, 3.63) is 0 Å². The number of halogens is 3. The Morgan fingerprint density at radius 1 is 0.333 bits per heavy atom. The number of hydrogen-bond acceptors (Lipinski definition) is 12. The van der Waals surface area contributed by atoms with Crippen LogP contribution in [0.2, 0.25) is 0 Å². The van der Waals surface area contributed by atoms with Gasteiger partial charge in [-0.05, 0) is 0 Å². The Balaban J connectivity index is -0.0000000277. The molecule has 4 N–H and O–H groups in total. The molecule has 0 fully saturated rings. The second kappa shape index (κ2) is 15.1. The van der Waals surface area contributed by atoms with Crippen LogP contribution in [-0.4, -0.2) is 11.0 Å². The van der Waals surface area contributed by atoms with Crippen LogP contribution in [-0.2, 0) is 0 Å². The maximum absolute atomic E-state index is 8.49. The van der Waals surface area contributed by atoms with Crippen molar-refractivity contribution < 1.29 is 138 Å². The first-order chi connectivity index (χ1) is 6.00. The Morgan fingerprint density at radius 3 is 0.333 bits per heavy atom. The van der Waals surface area contributed by atoms with Gasteiger partial charge in [-0.25, -0.2) is 55.9 Å². The van der Waals surface area contributed by atoms with Crippen LogP contribution in [0.3, 0.4) is 0 Å². The van der Waals surface area contributed by atoms with Crippen LogP contribution in [0.5, 0.6) is 0 Å². The first-order valence-electron chi connectivity index (χ1n) is 1.85. The molecule has 18 heavy (non-hydrogen) atoms. The van der Waals surface area contributed by atoms with Gasteiger partial charge in [0, 0.05) is 0 Å². The van der Waals surface area contributed by atoms with E-state index in [0.29, 0.717) is 0 Å². The fraction of sp³-hybridized carbons (Fsp3) is 0. The van der Waals surface area contributed by atoms with E-state index in [0.717, 1.165) is 0 Å². The van der Waals surface area contributed by atoms with Crippen LogP contribution in [0.25, 0.3) is 0 Å². The zero-order valence-electron chi connectivity index (χ0n) is 7.53. The average molecular weight is 479 g/mol. The molecule has 18 heteroatoms. The molecule has 0 aliphatic rings. The molecular formula is H4Cl3NdO14. The summed E-state index contributed by atoms with van der Waals surface area (Å²) < 4.78 is 102. The fourth-order valence-corrected chi connectivity index (χ4v) is 0. The molecule has 0 saturated carbocycles. The third-order valence-corrected chi connectivity index (χ3v) is 0. The van der Waals surface area contributed by atoms with Gasteiger partial charge >= 0.3 is 40.8 Å². The molecule has 0 spiro atoms. The van der Waals surface area contributed by atoms with E-state index in [2.05, 4.69) is 0 Å². The maximum atomic E-state index is 8.49. The summed E-state index contributed by atoms with van der Waals surface area (Å²) in [6, 6.07) is 0. The van der Waals surface area contributed by atoms with Gasteiger partial charge in [0.2, 0.25) is 0 Å². The van der Waals surface area contributed by atoms with Crippen molar-refractivity contribution in [2.75, 3.05) is 0 Å². The summed E-state index contributed by atoms with van der Waals surface area (Å²) in [5.74, 6) is 0. The van der Waals surface area contributed by atoms with E-state index < -0.39 is 30.7 Å². The molecule has 0 aliphatic heterocycles. The second-order valence-corrected chi connectivity index (χ2v) is 3.40. The van der Waals surface area contributed by atoms with Gasteiger partial charge in [0.25, 0.3) is 0 Å². The predicted molar refractivity (Wildman–Crippen MR) is 7.23 cm³/mol. The summed E-state index contributed by atoms with van der Waals surface area (Å²) in [7, 11) is -14.8. The van der Waals surface area contributed by atoms with Crippen LogP contribution in [0.4, 0.5) is 0 Å². The van der Waals surface area contributed by atoms with Gasteiger partial charge in [0.05, 0.1) is 0 Å². The molecule has 113 valence electrons. The molecule has 0 aromatic rings. The van der Waals surface area contributed by atoms with Gasteiger partial charge < -0.3 is 11.0 Å². The summed E-state index contributed by atoms with van der Waals surface area (Å²) in [6.07, 6.45) is 0. The molecule has 0 bridgehead atoms. The molecule has 0 aliphatic carbocycles. The van der Waals surface area contributed by atoms with E-state index in [-0.39, 0.29) is 51.8 Å². The Hall–Kier alpha value is 1.66. The summed E-state index contributed by atoms with van der Waals surface area (Å²) in [6.45, 7) is 0. The number of hydrogen-bond donors (Lipinski definition) is 0. The van der Waals surface area contributed by atoms with Crippen LogP contribution >= 0.6 is 0 Å². The molecule has 14 nitrogen and oxygen atoms in total. The molecular weight excluding hydrogens is 475 g/mol. The smallest absolute Gasteiger partial charge is 0.412 e. The van der Waals surface area contributed by atoms with Gasteiger partial charge in [-0.3, -0.25) is 0 Å². The molecule has 0 atom stereocenters. The van der Waals surface area contributed by atoms with E-state index in [1.54, 1.807) is 0 Å². The molecule has 0 aromatic carbocycles. The van der Waals surface area contributed by atoms with E-state index >= 15 is 0 Å². The summed E-state index contributed by atoms with van der Waals surface area (Å²) in [5.41, 5.74) is 0. The van der Waals surface area contributed by atoms with Crippen LogP contribution < -0.4 is 55.9 Å². The summed E-state index contributed by atoms with van der Waals surface area (Å²) >= 11 is 0. The number of rotatable bonds is 0. The topological polar surface area (TPSA) is 340 Å². The van der Waals surface area contributed by atoms with Crippen LogP contribution in [0, 0.1) is 71.6 Å². The third-order valence-electron chi connectivity index (χ3n) is 0. The Bertz CT molecular complexity index is 92.1. The van der Waals surface area contributed by atoms with Crippen LogP contribution in [0.1, 0.15) is 0 Å². The van der Waals surface area contributed by atoms with Crippen molar-refractivity contribution in [1.82, 2.24) is 0 Å². The fourth-order valence-electron chi connectivity index (χ4n) is 0. The van der Waals surface area contributed by atoms with E-state index in [1.165, 1.54) is 0 Å². The van der Waals surface area contributed by atoms with Crippen LogP contribution in [0.15, 0.2) is 0 Å². The largest absolute Gasteiger partial charge is 3.00 e. The first-order valence-corrected chi connectivity index (χ1v) is 5.55. The molecule has 1 radical (unpaired) electrons. The Kier molecular flexibility index (Phi) is 30.7. The zero-order valence-corrected chi connectivity index (χ0v) is 13.0. The third kappa shape index (κ3) is 1780. The molecule has 0 aromatic heterocycles. The Morgan fingerprint density at radius 2 is 0.333 bits per heavy atom. The second-order valence-electron chi connectivity index (χ2n) is 1.13. The minimum atomic E-state index is -4.94. The monoisotopic (exact) mass is 475 g/mol. The minimum Gasteiger partial charge on any atom is -0.412 e. The van der Waals surface area contributed by atoms with Crippen molar-refractivity contribution in [1.29, 1.82) is 0 Å². The van der Waals surface area contributed by atoms with Crippen molar-refractivity contribution in [2.24, 2.45) is 0 Å². The molecule has 0 saturated heterocycles. The quantitative estimate of drug-likeness (QED) is 0.313. The summed E-state index contributed by atoms with van der Waals surface area (Å²) in [4.78, 5) is 0. The molecule has 0 unspecified atom stereocenters. The standard InChI is InChI=1S/3ClHO4.Nd.2H2O/c3*2-1(3,4)5;;;/h3*(H,2,3,4,5);;2*1H2/q;;;+3;;/p-3. The van der Waals surface area contributed by atoms with Crippen molar-refractivity contribution in [3.63, 3.8) is 0 Å². The SMILES string of the molecule is O.O.[Nd+3].[O-][Cl+3]([O-])([O-])[O-].[O-][Cl+3]([O-])([O-])[O-].[O-][Cl+3]([O-])([O-])[O-]. The van der Waals surface area contributed by atoms with Crippen molar-refractivity contribution in [2.45, 2.75) is 0 Å². The van der Waals surface area contributed by atoms with Crippen molar-refractivity contribution in [3.8, 4) is 0 Å². The van der Waals surface area contributed by atoms with Gasteiger partial charge in [0.15, 0.2) is 0 Å². The van der Waals surface area contributed by atoms with E-state index in [1.807, 2.05) is 0 Å². The molecule has 0 rings (SSSR count). The maximum Gasteiger partial charge on any atom is 3.00 e. The van der Waals surface area contributed by atoms with E-state index in [9.17, 15) is 0 Å². The predicted octanol–water partition coefficient (Wildman–Crippen LogP) is -15.9. The summed E-state index contributed by atoms with van der Waals surface area (Å²) in [5, 5.41) is 0. The molecule has 0 amide bonds. The molecule has 0 heterocycles. The zero-order chi connectivity index (χ0) is 13.5. The van der Waals surface area contributed by atoms with Crippen molar-refractivity contribution >= 4 is 0 Å². The Labute approximate surface area is 137 Å². The van der Waals surface area contributed by atoms with E-state index in [4.69, 9.17) is 55.9 Å². The van der Waals surface area contributed by atoms with Gasteiger partial charge in [0.1, 0.15) is 0 Å².